The summed E-state index contributed by atoms with van der Waals surface area (Å²) < 4.78 is 39.7. The van der Waals surface area contributed by atoms with Crippen molar-refractivity contribution in [1.82, 2.24) is 20.4 Å². The molecule has 2 atom stereocenters. The topological polar surface area (TPSA) is 59.0 Å². The van der Waals surface area contributed by atoms with Crippen LogP contribution in [-0.4, -0.2) is 35.0 Å². The maximum Gasteiger partial charge on any atom is 0.393 e. The Kier molecular flexibility index (Phi) is 3.79. The highest BCUT2D eigenvalue weighted by atomic mass is 19.4. The average molecular weight is 276 g/mol. The van der Waals surface area contributed by atoms with Gasteiger partial charge in [0.2, 0.25) is 5.91 Å². The number of alkyl halides is 3. The van der Waals surface area contributed by atoms with E-state index in [2.05, 4.69) is 15.7 Å². The number of carbonyl (C=O) groups is 1. The highest BCUT2D eigenvalue weighted by Gasteiger charge is 2.49. The molecular formula is C11H15F3N4O. The molecule has 1 aromatic rings. The van der Waals surface area contributed by atoms with Crippen LogP contribution in [-0.2, 0) is 18.4 Å². The minimum absolute atomic E-state index is 0.0569. The van der Waals surface area contributed by atoms with E-state index < -0.39 is 23.9 Å². The Morgan fingerprint density at radius 1 is 1.58 bits per heavy atom. The molecule has 0 aromatic carbocycles. The predicted molar refractivity (Wildman–Crippen MR) is 61.0 cm³/mol. The Morgan fingerprint density at radius 2 is 2.32 bits per heavy atom. The molecule has 0 saturated carbocycles. The van der Waals surface area contributed by atoms with Gasteiger partial charge in [0.05, 0.1) is 24.1 Å². The molecule has 0 bridgehead atoms. The molecule has 5 nitrogen and oxygen atoms in total. The number of halogens is 3. The van der Waals surface area contributed by atoms with Gasteiger partial charge >= 0.3 is 6.18 Å². The summed E-state index contributed by atoms with van der Waals surface area (Å²) >= 11 is 0. The van der Waals surface area contributed by atoms with Gasteiger partial charge in [-0.25, -0.2) is 0 Å². The van der Waals surface area contributed by atoms with Crippen LogP contribution in [0.4, 0.5) is 13.2 Å². The molecule has 0 aliphatic carbocycles. The Bertz CT molecular complexity index is 457. The van der Waals surface area contributed by atoms with E-state index >= 15 is 0 Å². The second kappa shape index (κ2) is 5.20. The van der Waals surface area contributed by atoms with E-state index in [9.17, 15) is 18.0 Å². The van der Waals surface area contributed by atoms with Crippen LogP contribution in [0.2, 0.25) is 0 Å². The Balaban J connectivity index is 1.94. The molecule has 1 aliphatic rings. The third-order valence-electron chi connectivity index (χ3n) is 3.34. The van der Waals surface area contributed by atoms with Crippen LogP contribution in [0.15, 0.2) is 12.3 Å². The van der Waals surface area contributed by atoms with Crippen molar-refractivity contribution in [3.05, 3.63) is 18.0 Å². The fourth-order valence-corrected chi connectivity index (χ4v) is 2.18. The van der Waals surface area contributed by atoms with E-state index in [-0.39, 0.29) is 19.6 Å². The molecule has 1 amide bonds. The fraction of sp³-hybridized carbons (Fsp3) is 0.636. The molecule has 0 spiro atoms. The maximum atomic E-state index is 12.7. The number of rotatable bonds is 3. The van der Waals surface area contributed by atoms with E-state index in [4.69, 9.17) is 0 Å². The normalized spacial score (nSPS) is 23.6. The minimum atomic E-state index is -4.35. The lowest BCUT2D eigenvalue weighted by Crippen LogP contribution is -2.40. The first-order valence-electron chi connectivity index (χ1n) is 5.91. The predicted octanol–water partition coefficient (Wildman–Crippen LogP) is 0.434. The largest absolute Gasteiger partial charge is 0.393 e. The number of hydrogen-bond acceptors (Lipinski definition) is 3. The van der Waals surface area contributed by atoms with Gasteiger partial charge in [-0.3, -0.25) is 9.48 Å². The molecule has 19 heavy (non-hydrogen) atoms. The van der Waals surface area contributed by atoms with Crippen molar-refractivity contribution in [2.45, 2.75) is 12.7 Å². The summed E-state index contributed by atoms with van der Waals surface area (Å²) in [5.41, 5.74) is 0.739. The van der Waals surface area contributed by atoms with Gasteiger partial charge in [0, 0.05) is 26.3 Å². The van der Waals surface area contributed by atoms with E-state index in [1.807, 2.05) is 0 Å². The molecule has 8 heteroatoms. The van der Waals surface area contributed by atoms with E-state index in [0.29, 0.717) is 0 Å². The summed E-state index contributed by atoms with van der Waals surface area (Å²) in [5.74, 6) is -3.25. The lowest BCUT2D eigenvalue weighted by Gasteiger charge is -2.20. The van der Waals surface area contributed by atoms with Crippen LogP contribution in [0.25, 0.3) is 0 Å². The first-order valence-corrected chi connectivity index (χ1v) is 5.91. The standard InChI is InChI=1S/C11H15F3N4O/c1-18-7(2-3-17-18)4-16-10(19)8-5-15-6-9(8)11(12,13)14/h2-3,8-9,15H,4-6H2,1H3,(H,16,19)/t8-,9-/m1/s1. The Morgan fingerprint density at radius 3 is 2.89 bits per heavy atom. The number of nitrogens with one attached hydrogen (secondary N) is 2. The Labute approximate surface area is 108 Å². The zero-order chi connectivity index (χ0) is 14.0. The van der Waals surface area contributed by atoms with Gasteiger partial charge in [-0.15, -0.1) is 0 Å². The number of hydrogen-bond donors (Lipinski definition) is 2. The molecule has 1 fully saturated rings. The van der Waals surface area contributed by atoms with Crippen LogP contribution >= 0.6 is 0 Å². The molecule has 1 saturated heterocycles. The van der Waals surface area contributed by atoms with Crippen LogP contribution in [0.1, 0.15) is 5.69 Å². The molecule has 0 radical (unpaired) electrons. The first kappa shape index (κ1) is 13.9. The van der Waals surface area contributed by atoms with Crippen molar-refractivity contribution in [3.8, 4) is 0 Å². The summed E-state index contributed by atoms with van der Waals surface area (Å²) in [6, 6.07) is 1.70. The van der Waals surface area contributed by atoms with Crippen molar-refractivity contribution in [1.29, 1.82) is 0 Å². The SMILES string of the molecule is Cn1nccc1CNC(=O)[C@@H]1CNC[C@H]1C(F)(F)F. The van der Waals surface area contributed by atoms with Gasteiger partial charge < -0.3 is 10.6 Å². The van der Waals surface area contributed by atoms with Gasteiger partial charge in [0.25, 0.3) is 0 Å². The van der Waals surface area contributed by atoms with Crippen LogP contribution in [0.5, 0.6) is 0 Å². The quantitative estimate of drug-likeness (QED) is 0.842. The molecular weight excluding hydrogens is 261 g/mol. The zero-order valence-corrected chi connectivity index (χ0v) is 10.4. The molecule has 2 heterocycles. The number of carbonyl (C=O) groups excluding carboxylic acids is 1. The van der Waals surface area contributed by atoms with E-state index in [0.717, 1.165) is 5.69 Å². The van der Waals surface area contributed by atoms with Gasteiger partial charge in [-0.05, 0) is 6.07 Å². The van der Waals surface area contributed by atoms with E-state index in [1.165, 1.54) is 0 Å². The summed E-state index contributed by atoms with van der Waals surface area (Å²) in [5, 5.41) is 9.07. The number of nitrogens with zero attached hydrogens (tertiary/aromatic N) is 2. The third kappa shape index (κ3) is 3.06. The fourth-order valence-electron chi connectivity index (χ4n) is 2.18. The van der Waals surface area contributed by atoms with Gasteiger partial charge in [0.15, 0.2) is 0 Å². The van der Waals surface area contributed by atoms with Crippen molar-refractivity contribution in [2.24, 2.45) is 18.9 Å². The molecule has 0 unspecified atom stereocenters. The van der Waals surface area contributed by atoms with Crippen molar-refractivity contribution >= 4 is 5.91 Å². The zero-order valence-electron chi connectivity index (χ0n) is 10.4. The second-order valence-corrected chi connectivity index (χ2v) is 4.58. The van der Waals surface area contributed by atoms with Crippen LogP contribution in [0.3, 0.4) is 0 Å². The maximum absolute atomic E-state index is 12.7. The molecule has 2 N–H and O–H groups in total. The number of amides is 1. The van der Waals surface area contributed by atoms with Gasteiger partial charge in [-0.1, -0.05) is 0 Å². The van der Waals surface area contributed by atoms with Gasteiger partial charge in [0.1, 0.15) is 0 Å². The molecule has 1 aromatic heterocycles. The smallest absolute Gasteiger partial charge is 0.350 e. The highest BCUT2D eigenvalue weighted by Crippen LogP contribution is 2.34. The lowest BCUT2D eigenvalue weighted by molar-refractivity contribution is -0.182. The average Bonchev–Trinajstić information content (AvgIpc) is 2.93. The molecule has 2 rings (SSSR count). The summed E-state index contributed by atoms with van der Waals surface area (Å²) in [7, 11) is 1.71. The van der Waals surface area contributed by atoms with Crippen LogP contribution in [0, 0.1) is 11.8 Å². The summed E-state index contributed by atoms with van der Waals surface area (Å²) in [6.45, 7) is 0.0328. The second-order valence-electron chi connectivity index (χ2n) is 4.58. The summed E-state index contributed by atoms with van der Waals surface area (Å²) in [6.07, 6.45) is -2.78. The third-order valence-corrected chi connectivity index (χ3v) is 3.34. The van der Waals surface area contributed by atoms with Crippen LogP contribution < -0.4 is 10.6 Å². The summed E-state index contributed by atoms with van der Waals surface area (Å²) in [4.78, 5) is 11.8. The van der Waals surface area contributed by atoms with Crippen molar-refractivity contribution in [3.63, 3.8) is 0 Å². The minimum Gasteiger partial charge on any atom is -0.350 e. The monoisotopic (exact) mass is 276 g/mol. The van der Waals surface area contributed by atoms with Crippen molar-refractivity contribution < 1.29 is 18.0 Å². The highest BCUT2D eigenvalue weighted by molar-refractivity contribution is 5.79. The van der Waals surface area contributed by atoms with E-state index in [1.54, 1.807) is 24.0 Å². The number of aryl methyl sites for hydroxylation is 1. The van der Waals surface area contributed by atoms with Gasteiger partial charge in [-0.2, -0.15) is 18.3 Å². The van der Waals surface area contributed by atoms with Crippen molar-refractivity contribution in [2.75, 3.05) is 13.1 Å². The lowest BCUT2D eigenvalue weighted by atomic mass is 9.94. The molecule has 1 aliphatic heterocycles. The first-order chi connectivity index (χ1) is 8.89. The Hall–Kier alpha value is -1.57. The molecule has 106 valence electrons. The number of aromatic nitrogens is 2.